The Hall–Kier alpha value is -4.32. The molecule has 0 aromatic rings. The van der Waals surface area contributed by atoms with E-state index in [1.807, 2.05) is 0 Å². The minimum absolute atomic E-state index is 0.0846. The Bertz CT molecular complexity index is 1150. The number of aliphatic hydroxyl groups excluding tert-OH is 1. The second-order valence-corrected chi connectivity index (χ2v) is 13.0. The lowest BCUT2D eigenvalue weighted by Crippen LogP contribution is -2.60. The van der Waals surface area contributed by atoms with Gasteiger partial charge in [-0.05, 0) is 43.4 Å². The van der Waals surface area contributed by atoms with Gasteiger partial charge in [-0.25, -0.2) is 4.79 Å². The highest BCUT2D eigenvalue weighted by atomic mass is 16.4. The van der Waals surface area contributed by atoms with Crippen molar-refractivity contribution in [3.8, 4) is 0 Å². The van der Waals surface area contributed by atoms with Crippen LogP contribution in [-0.4, -0.2) is 100 Å². The molecule has 6 atom stereocenters. The van der Waals surface area contributed by atoms with Crippen molar-refractivity contribution < 1.29 is 48.6 Å². The van der Waals surface area contributed by atoms with Gasteiger partial charge in [-0.2, -0.15) is 0 Å². The second kappa shape index (κ2) is 21.5. The number of amides is 7. The van der Waals surface area contributed by atoms with Gasteiger partial charge in [0.25, 0.3) is 0 Å². The third-order valence-electron chi connectivity index (χ3n) is 6.89. The summed E-state index contributed by atoms with van der Waals surface area (Å²) in [7, 11) is 0. The van der Waals surface area contributed by atoms with Crippen LogP contribution in [0, 0.1) is 17.8 Å². The van der Waals surface area contributed by atoms with Gasteiger partial charge in [-0.3, -0.25) is 33.6 Å². The number of rotatable bonds is 23. The molecule has 13 N–H and O–H groups in total. The van der Waals surface area contributed by atoms with Crippen LogP contribution >= 0.6 is 0 Å². The van der Waals surface area contributed by atoms with Crippen LogP contribution in [0.25, 0.3) is 0 Å². The highest BCUT2D eigenvalue weighted by molar-refractivity contribution is 5.97. The summed E-state index contributed by atoms with van der Waals surface area (Å²) in [5.41, 5.74) is 15.8. The molecule has 0 rings (SSSR count). The second-order valence-electron chi connectivity index (χ2n) is 13.0. The topological polar surface area (TPSA) is 315 Å². The monoisotopic (exact) mass is 686 g/mol. The Balaban J connectivity index is 6.12. The van der Waals surface area contributed by atoms with Crippen molar-refractivity contribution in [1.82, 2.24) is 26.6 Å². The van der Waals surface area contributed by atoms with E-state index in [1.54, 1.807) is 41.5 Å². The van der Waals surface area contributed by atoms with Crippen molar-refractivity contribution >= 4 is 47.3 Å². The zero-order chi connectivity index (χ0) is 37.3. The predicted molar refractivity (Wildman–Crippen MR) is 173 cm³/mol. The molecule has 0 aromatic heterocycles. The molecule has 0 aliphatic carbocycles. The first-order valence-electron chi connectivity index (χ1n) is 15.9. The summed E-state index contributed by atoms with van der Waals surface area (Å²) in [6.45, 7) is 9.97. The largest absolute Gasteiger partial charge is 0.480 e. The van der Waals surface area contributed by atoms with E-state index in [-0.39, 0.29) is 49.9 Å². The molecule has 18 heteroatoms. The zero-order valence-electron chi connectivity index (χ0n) is 28.5. The van der Waals surface area contributed by atoms with Crippen LogP contribution in [-0.2, 0) is 38.4 Å². The molecule has 0 saturated carbocycles. The Morgan fingerprint density at radius 2 is 0.875 bits per heavy atom. The fourth-order valence-electron chi connectivity index (χ4n) is 4.51. The number of carboxylic acids is 1. The average Bonchev–Trinajstić information content (AvgIpc) is 2.95. The van der Waals surface area contributed by atoms with E-state index in [0.29, 0.717) is 0 Å². The number of hydrogen-bond acceptors (Lipinski definition) is 10. The fourth-order valence-corrected chi connectivity index (χ4v) is 4.51. The quantitative estimate of drug-likeness (QED) is 0.0519. The van der Waals surface area contributed by atoms with Crippen LogP contribution in [0.3, 0.4) is 0 Å². The number of nitrogens with one attached hydrogen (secondary N) is 5. The highest BCUT2D eigenvalue weighted by Crippen LogP contribution is 2.12. The maximum absolute atomic E-state index is 13.6. The Labute approximate surface area is 280 Å². The van der Waals surface area contributed by atoms with Crippen LogP contribution in [0.5, 0.6) is 0 Å². The first-order valence-corrected chi connectivity index (χ1v) is 15.9. The zero-order valence-corrected chi connectivity index (χ0v) is 28.5. The van der Waals surface area contributed by atoms with Gasteiger partial charge in [-0.1, -0.05) is 41.5 Å². The summed E-state index contributed by atoms with van der Waals surface area (Å²) in [6.07, 6.45) is -0.866. The predicted octanol–water partition coefficient (Wildman–Crippen LogP) is -2.91. The smallest absolute Gasteiger partial charge is 0.326 e. The number of primary amides is 2. The summed E-state index contributed by atoms with van der Waals surface area (Å²) in [5, 5.41) is 30.9. The van der Waals surface area contributed by atoms with E-state index in [4.69, 9.17) is 22.3 Å². The summed E-state index contributed by atoms with van der Waals surface area (Å²) >= 11 is 0. The first-order chi connectivity index (χ1) is 22.2. The van der Waals surface area contributed by atoms with Crippen LogP contribution in [0.2, 0.25) is 0 Å². The molecule has 274 valence electrons. The van der Waals surface area contributed by atoms with Crippen LogP contribution in [0.15, 0.2) is 0 Å². The van der Waals surface area contributed by atoms with Crippen molar-refractivity contribution in [2.75, 3.05) is 6.61 Å². The molecular formula is C30H54N8O10. The molecule has 0 heterocycles. The van der Waals surface area contributed by atoms with Gasteiger partial charge in [0, 0.05) is 6.42 Å². The highest BCUT2D eigenvalue weighted by Gasteiger charge is 2.34. The third-order valence-corrected chi connectivity index (χ3v) is 6.89. The van der Waals surface area contributed by atoms with Crippen molar-refractivity contribution in [1.29, 1.82) is 0 Å². The fraction of sp³-hybridized carbons (Fsp3) is 0.733. The molecule has 0 aromatic carbocycles. The van der Waals surface area contributed by atoms with Gasteiger partial charge in [0.05, 0.1) is 13.0 Å². The van der Waals surface area contributed by atoms with E-state index < -0.39 is 96.6 Å². The van der Waals surface area contributed by atoms with Crippen LogP contribution in [0.1, 0.15) is 80.1 Å². The lowest BCUT2D eigenvalue weighted by atomic mass is 9.98. The van der Waals surface area contributed by atoms with Crippen molar-refractivity contribution in [3.05, 3.63) is 0 Å². The maximum atomic E-state index is 13.6. The van der Waals surface area contributed by atoms with Gasteiger partial charge >= 0.3 is 5.97 Å². The molecule has 0 unspecified atom stereocenters. The van der Waals surface area contributed by atoms with Gasteiger partial charge in [0.2, 0.25) is 41.4 Å². The lowest BCUT2D eigenvalue weighted by molar-refractivity contribution is -0.142. The molecule has 7 amide bonds. The van der Waals surface area contributed by atoms with Crippen molar-refractivity contribution in [3.63, 3.8) is 0 Å². The number of aliphatic hydroxyl groups is 1. The molecule has 0 spiro atoms. The summed E-state index contributed by atoms with van der Waals surface area (Å²) in [6, 6.07) is -7.97. The van der Waals surface area contributed by atoms with Crippen LogP contribution in [0.4, 0.5) is 0 Å². The number of carbonyl (C=O) groups excluding carboxylic acids is 7. The number of carboxylic acid groups (broad SMARTS) is 1. The molecule has 0 aliphatic heterocycles. The number of nitrogens with two attached hydrogens (primary N) is 3. The average molecular weight is 687 g/mol. The molecule has 0 radical (unpaired) electrons. The summed E-state index contributed by atoms with van der Waals surface area (Å²) < 4.78 is 0. The molecule has 48 heavy (non-hydrogen) atoms. The minimum atomic E-state index is -1.52. The molecule has 0 aliphatic rings. The van der Waals surface area contributed by atoms with Crippen molar-refractivity contribution in [2.45, 2.75) is 116 Å². The molecule has 0 bridgehead atoms. The SMILES string of the molecule is CC(C)C[C@H](NC(=O)[C@H](CC(C)C)NC(=O)[C@H](CC(C)C)NC(=O)[C@H](CC(N)=O)NC(=O)[C@@H](N)CO)C(=O)N[C@@H](CCC(N)=O)C(=O)O. The van der Waals surface area contributed by atoms with Crippen molar-refractivity contribution in [2.24, 2.45) is 35.0 Å². The van der Waals surface area contributed by atoms with Gasteiger partial charge in [0.1, 0.15) is 36.3 Å². The Morgan fingerprint density at radius 3 is 1.17 bits per heavy atom. The van der Waals surface area contributed by atoms with Crippen LogP contribution < -0.4 is 43.8 Å². The number of aliphatic carboxylic acids is 1. The summed E-state index contributed by atoms with van der Waals surface area (Å²) in [4.78, 5) is 100. The van der Waals surface area contributed by atoms with Gasteiger partial charge in [-0.15, -0.1) is 0 Å². The molecular weight excluding hydrogens is 632 g/mol. The minimum Gasteiger partial charge on any atom is -0.480 e. The molecule has 0 fully saturated rings. The van der Waals surface area contributed by atoms with Gasteiger partial charge in [0.15, 0.2) is 0 Å². The summed E-state index contributed by atoms with van der Waals surface area (Å²) in [5.74, 6) is -7.67. The van der Waals surface area contributed by atoms with E-state index >= 15 is 0 Å². The number of carbonyl (C=O) groups is 8. The Morgan fingerprint density at radius 1 is 0.542 bits per heavy atom. The van der Waals surface area contributed by atoms with Gasteiger partial charge < -0.3 is 54.0 Å². The first kappa shape index (κ1) is 43.7. The van der Waals surface area contributed by atoms with E-state index in [2.05, 4.69) is 26.6 Å². The van der Waals surface area contributed by atoms with E-state index in [9.17, 15) is 43.5 Å². The van der Waals surface area contributed by atoms with E-state index in [0.717, 1.165) is 0 Å². The molecule has 18 nitrogen and oxygen atoms in total. The van der Waals surface area contributed by atoms with E-state index in [1.165, 1.54) is 0 Å². The lowest BCUT2D eigenvalue weighted by Gasteiger charge is -2.28. The third kappa shape index (κ3) is 17.6. The molecule has 0 saturated heterocycles. The standard InChI is InChI=1S/C30H54N8O10/c1-14(2)9-19(26(43)34-18(30(47)48)7-8-23(32)40)36-27(44)20(10-15(3)4)37-28(45)21(11-16(5)6)38-29(46)22(12-24(33)41)35-25(42)17(31)13-39/h14-22,39H,7-13,31H2,1-6H3,(H2,32,40)(H2,33,41)(H,34,43)(H,35,42)(H,36,44)(H,37,45)(H,38,46)(H,47,48)/t17-,18-,19-,20-,21-,22-/m0/s1. The maximum Gasteiger partial charge on any atom is 0.326 e. The normalized spacial score (nSPS) is 15.0. The Kier molecular flexibility index (Phi) is 19.6. The number of hydrogen-bond donors (Lipinski definition) is 10.